The maximum atomic E-state index is 13.6. The van der Waals surface area contributed by atoms with Crippen LogP contribution in [0.5, 0.6) is 0 Å². The molecule has 1 N–H and O–H groups in total. The van der Waals surface area contributed by atoms with Crippen LogP contribution in [0.2, 0.25) is 5.02 Å². The Labute approximate surface area is 125 Å². The molecule has 1 saturated carbocycles. The maximum absolute atomic E-state index is 13.6. The SMILES string of the molecule is Fc1cc(N2CCNC(C3CCCCC3)C2)ccc1Cl. The van der Waals surface area contributed by atoms with Gasteiger partial charge >= 0.3 is 0 Å². The fraction of sp³-hybridized carbons (Fsp3) is 0.625. The molecule has 1 aliphatic carbocycles. The number of nitrogens with zero attached hydrogens (tertiary/aromatic N) is 1. The van der Waals surface area contributed by atoms with E-state index in [2.05, 4.69) is 10.2 Å². The van der Waals surface area contributed by atoms with E-state index >= 15 is 0 Å². The van der Waals surface area contributed by atoms with Gasteiger partial charge in [-0.15, -0.1) is 0 Å². The Bertz CT molecular complexity index is 460. The van der Waals surface area contributed by atoms with E-state index in [1.165, 1.54) is 32.1 Å². The molecule has 1 aromatic carbocycles. The second kappa shape index (κ2) is 6.31. The summed E-state index contributed by atoms with van der Waals surface area (Å²) in [5.41, 5.74) is 0.953. The molecule has 1 aromatic rings. The summed E-state index contributed by atoms with van der Waals surface area (Å²) in [6.07, 6.45) is 6.77. The van der Waals surface area contributed by atoms with Crippen molar-refractivity contribution in [1.82, 2.24) is 5.32 Å². The third kappa shape index (κ3) is 3.09. The van der Waals surface area contributed by atoms with Gasteiger partial charge in [0.15, 0.2) is 0 Å². The van der Waals surface area contributed by atoms with Gasteiger partial charge in [0, 0.05) is 31.4 Å². The Hall–Kier alpha value is -0.800. The third-order valence-electron chi connectivity index (χ3n) is 4.69. The molecule has 1 heterocycles. The van der Waals surface area contributed by atoms with Gasteiger partial charge in [-0.3, -0.25) is 0 Å². The van der Waals surface area contributed by atoms with E-state index in [9.17, 15) is 4.39 Å². The number of piperazine rings is 1. The summed E-state index contributed by atoms with van der Waals surface area (Å²) in [6.45, 7) is 2.89. The molecule has 4 heteroatoms. The summed E-state index contributed by atoms with van der Waals surface area (Å²) in [6, 6.07) is 5.69. The molecule has 2 fully saturated rings. The number of hydrogen-bond donors (Lipinski definition) is 1. The minimum absolute atomic E-state index is 0.202. The quantitative estimate of drug-likeness (QED) is 0.892. The first-order valence-corrected chi connectivity index (χ1v) is 8.05. The zero-order chi connectivity index (χ0) is 13.9. The Morgan fingerprint density at radius 3 is 2.75 bits per heavy atom. The molecule has 1 atom stereocenters. The highest BCUT2D eigenvalue weighted by Crippen LogP contribution is 2.29. The second-order valence-electron chi connectivity index (χ2n) is 6.00. The molecule has 110 valence electrons. The van der Waals surface area contributed by atoms with Crippen molar-refractivity contribution < 1.29 is 4.39 Å². The lowest BCUT2D eigenvalue weighted by molar-refractivity contribution is 0.257. The Morgan fingerprint density at radius 1 is 1.20 bits per heavy atom. The molecule has 0 radical (unpaired) electrons. The van der Waals surface area contributed by atoms with Crippen LogP contribution >= 0.6 is 11.6 Å². The van der Waals surface area contributed by atoms with Gasteiger partial charge in [-0.2, -0.15) is 0 Å². The van der Waals surface area contributed by atoms with Crippen LogP contribution in [-0.2, 0) is 0 Å². The van der Waals surface area contributed by atoms with Crippen molar-refractivity contribution in [2.45, 2.75) is 38.1 Å². The van der Waals surface area contributed by atoms with Crippen molar-refractivity contribution in [2.24, 2.45) is 5.92 Å². The van der Waals surface area contributed by atoms with Gasteiger partial charge in [0.05, 0.1) is 5.02 Å². The van der Waals surface area contributed by atoms with Crippen molar-refractivity contribution in [3.8, 4) is 0 Å². The zero-order valence-corrected chi connectivity index (χ0v) is 12.5. The third-order valence-corrected chi connectivity index (χ3v) is 5.00. The average molecular weight is 297 g/mol. The molecule has 2 aliphatic rings. The first-order valence-electron chi connectivity index (χ1n) is 7.67. The van der Waals surface area contributed by atoms with E-state index in [1.54, 1.807) is 12.1 Å². The second-order valence-corrected chi connectivity index (χ2v) is 6.41. The minimum atomic E-state index is -0.322. The molecule has 3 rings (SSSR count). The summed E-state index contributed by atoms with van der Waals surface area (Å²) in [7, 11) is 0. The zero-order valence-electron chi connectivity index (χ0n) is 11.7. The first-order chi connectivity index (χ1) is 9.74. The molecule has 0 amide bonds. The normalized spacial score (nSPS) is 24.9. The monoisotopic (exact) mass is 296 g/mol. The minimum Gasteiger partial charge on any atom is -0.369 e. The van der Waals surface area contributed by atoms with E-state index in [0.717, 1.165) is 31.2 Å². The van der Waals surface area contributed by atoms with Crippen molar-refractivity contribution >= 4 is 17.3 Å². The van der Waals surface area contributed by atoms with Crippen molar-refractivity contribution in [2.75, 3.05) is 24.5 Å². The number of rotatable bonds is 2. The molecular weight excluding hydrogens is 275 g/mol. The molecule has 1 saturated heterocycles. The fourth-order valence-corrected chi connectivity index (χ4v) is 3.66. The highest BCUT2D eigenvalue weighted by molar-refractivity contribution is 6.30. The summed E-state index contributed by atoms with van der Waals surface area (Å²) < 4.78 is 13.6. The van der Waals surface area contributed by atoms with Gasteiger partial charge < -0.3 is 10.2 Å². The van der Waals surface area contributed by atoms with Crippen LogP contribution in [0.4, 0.5) is 10.1 Å². The number of halogens is 2. The van der Waals surface area contributed by atoms with E-state index < -0.39 is 0 Å². The maximum Gasteiger partial charge on any atom is 0.143 e. The fourth-order valence-electron chi connectivity index (χ4n) is 3.55. The van der Waals surface area contributed by atoms with Gasteiger partial charge in [-0.05, 0) is 37.0 Å². The lowest BCUT2D eigenvalue weighted by Crippen LogP contribution is -2.54. The lowest BCUT2D eigenvalue weighted by Gasteiger charge is -2.40. The summed E-state index contributed by atoms with van der Waals surface area (Å²) in [4.78, 5) is 2.29. The lowest BCUT2D eigenvalue weighted by atomic mass is 9.83. The van der Waals surface area contributed by atoms with Gasteiger partial charge in [-0.1, -0.05) is 30.9 Å². The summed E-state index contributed by atoms with van der Waals surface area (Å²) >= 11 is 5.76. The van der Waals surface area contributed by atoms with Crippen LogP contribution < -0.4 is 10.2 Å². The first kappa shape index (κ1) is 14.2. The molecule has 1 unspecified atom stereocenters. The molecule has 0 spiro atoms. The molecule has 20 heavy (non-hydrogen) atoms. The van der Waals surface area contributed by atoms with E-state index in [4.69, 9.17) is 11.6 Å². The summed E-state index contributed by atoms with van der Waals surface area (Å²) in [5, 5.41) is 3.85. The predicted octanol–water partition coefficient (Wildman–Crippen LogP) is 3.84. The van der Waals surface area contributed by atoms with Crippen LogP contribution in [0.3, 0.4) is 0 Å². The van der Waals surface area contributed by atoms with Crippen molar-refractivity contribution in [1.29, 1.82) is 0 Å². The van der Waals surface area contributed by atoms with Crippen LogP contribution in [0.25, 0.3) is 0 Å². The van der Waals surface area contributed by atoms with Gasteiger partial charge in [0.1, 0.15) is 5.82 Å². The largest absolute Gasteiger partial charge is 0.369 e. The number of nitrogens with one attached hydrogen (secondary N) is 1. The average Bonchev–Trinajstić information content (AvgIpc) is 2.51. The van der Waals surface area contributed by atoms with Crippen LogP contribution in [0, 0.1) is 11.7 Å². The van der Waals surface area contributed by atoms with Crippen molar-refractivity contribution in [3.63, 3.8) is 0 Å². The van der Waals surface area contributed by atoms with E-state index in [1.807, 2.05) is 6.07 Å². The number of hydrogen-bond acceptors (Lipinski definition) is 2. The van der Waals surface area contributed by atoms with Crippen LogP contribution in [0.1, 0.15) is 32.1 Å². The Balaban J connectivity index is 1.69. The van der Waals surface area contributed by atoms with Gasteiger partial charge in [-0.25, -0.2) is 4.39 Å². The van der Waals surface area contributed by atoms with Gasteiger partial charge in [0.25, 0.3) is 0 Å². The predicted molar refractivity (Wildman–Crippen MR) is 82.0 cm³/mol. The Kier molecular flexibility index (Phi) is 4.47. The van der Waals surface area contributed by atoms with E-state index in [0.29, 0.717) is 6.04 Å². The van der Waals surface area contributed by atoms with Crippen LogP contribution in [-0.4, -0.2) is 25.7 Å². The standard InChI is InChI=1S/C16H22ClFN2/c17-14-7-6-13(10-15(14)18)20-9-8-19-16(11-20)12-4-2-1-3-5-12/h6-7,10,12,16,19H,1-5,8-9,11H2. The molecule has 1 aliphatic heterocycles. The smallest absolute Gasteiger partial charge is 0.143 e. The van der Waals surface area contributed by atoms with E-state index in [-0.39, 0.29) is 10.8 Å². The molecular formula is C16H22ClFN2. The van der Waals surface area contributed by atoms with Crippen LogP contribution in [0.15, 0.2) is 18.2 Å². The molecule has 0 aromatic heterocycles. The Morgan fingerprint density at radius 2 is 2.00 bits per heavy atom. The van der Waals surface area contributed by atoms with Crippen molar-refractivity contribution in [3.05, 3.63) is 29.0 Å². The highest BCUT2D eigenvalue weighted by atomic mass is 35.5. The molecule has 0 bridgehead atoms. The number of anilines is 1. The highest BCUT2D eigenvalue weighted by Gasteiger charge is 2.28. The van der Waals surface area contributed by atoms with Gasteiger partial charge in [0.2, 0.25) is 0 Å². The topological polar surface area (TPSA) is 15.3 Å². The molecule has 2 nitrogen and oxygen atoms in total. The summed E-state index contributed by atoms with van der Waals surface area (Å²) in [5.74, 6) is 0.459. The number of benzene rings is 1.